The van der Waals surface area contributed by atoms with Crippen LogP contribution in [0.3, 0.4) is 0 Å². The zero-order valence-electron chi connectivity index (χ0n) is 9.44. The van der Waals surface area contributed by atoms with E-state index in [0.717, 1.165) is 5.56 Å². The summed E-state index contributed by atoms with van der Waals surface area (Å²) in [6.07, 6.45) is 3.10. The van der Waals surface area contributed by atoms with Crippen LogP contribution in [0.15, 0.2) is 54.6 Å². The molecule has 0 fully saturated rings. The number of carbonyl (C=O) groups is 1. The third kappa shape index (κ3) is 3.28. The summed E-state index contributed by atoms with van der Waals surface area (Å²) < 4.78 is 12.7. The van der Waals surface area contributed by atoms with Crippen LogP contribution in [0.4, 0.5) is 4.39 Å². The summed E-state index contributed by atoms with van der Waals surface area (Å²) in [4.78, 5) is 11.8. The van der Waals surface area contributed by atoms with E-state index >= 15 is 0 Å². The molecule has 18 heavy (non-hydrogen) atoms. The molecule has 0 atom stereocenters. The van der Waals surface area contributed by atoms with Crippen molar-refractivity contribution >= 4 is 23.5 Å². The van der Waals surface area contributed by atoms with E-state index in [2.05, 4.69) is 0 Å². The van der Waals surface area contributed by atoms with Crippen molar-refractivity contribution in [2.45, 2.75) is 0 Å². The molecule has 0 saturated heterocycles. The topological polar surface area (TPSA) is 17.1 Å². The van der Waals surface area contributed by atoms with Crippen LogP contribution in [0, 0.1) is 5.82 Å². The lowest BCUT2D eigenvalue weighted by atomic mass is 10.1. The van der Waals surface area contributed by atoms with E-state index in [1.54, 1.807) is 42.5 Å². The van der Waals surface area contributed by atoms with Gasteiger partial charge in [0.25, 0.3) is 0 Å². The standard InChI is InChI=1S/C15H10ClFO/c16-13-6-4-12(5-7-13)15(18)10-3-11-1-8-14(17)9-2-11/h1-10H. The molecule has 0 radical (unpaired) electrons. The van der Waals surface area contributed by atoms with Crippen LogP contribution in [0.1, 0.15) is 15.9 Å². The van der Waals surface area contributed by atoms with Crippen LogP contribution in [0.5, 0.6) is 0 Å². The summed E-state index contributed by atoms with van der Waals surface area (Å²) >= 11 is 5.74. The lowest BCUT2D eigenvalue weighted by Crippen LogP contribution is -1.93. The second-order valence-electron chi connectivity index (χ2n) is 3.76. The Bertz CT molecular complexity index is 570. The number of benzene rings is 2. The van der Waals surface area contributed by atoms with Crippen molar-refractivity contribution in [1.82, 2.24) is 0 Å². The highest BCUT2D eigenvalue weighted by molar-refractivity contribution is 6.30. The first-order valence-corrected chi connectivity index (χ1v) is 5.76. The van der Waals surface area contributed by atoms with E-state index < -0.39 is 0 Å². The van der Waals surface area contributed by atoms with Gasteiger partial charge in [0, 0.05) is 10.6 Å². The fourth-order valence-corrected chi connectivity index (χ4v) is 1.58. The van der Waals surface area contributed by atoms with Crippen LogP contribution >= 0.6 is 11.6 Å². The summed E-state index contributed by atoms with van der Waals surface area (Å²) in [5, 5.41) is 0.592. The second-order valence-corrected chi connectivity index (χ2v) is 4.19. The molecule has 2 aromatic carbocycles. The number of halogens is 2. The second kappa shape index (κ2) is 5.61. The van der Waals surface area contributed by atoms with Gasteiger partial charge in [-0.2, -0.15) is 0 Å². The molecule has 0 bridgehead atoms. The van der Waals surface area contributed by atoms with E-state index in [0.29, 0.717) is 10.6 Å². The molecule has 0 spiro atoms. The smallest absolute Gasteiger partial charge is 0.185 e. The molecule has 0 unspecified atom stereocenters. The lowest BCUT2D eigenvalue weighted by molar-refractivity contribution is 0.104. The fourth-order valence-electron chi connectivity index (χ4n) is 1.46. The Hall–Kier alpha value is -1.93. The Balaban J connectivity index is 2.11. The molecule has 0 aliphatic heterocycles. The van der Waals surface area contributed by atoms with Gasteiger partial charge >= 0.3 is 0 Å². The Labute approximate surface area is 110 Å². The average Bonchev–Trinajstić information content (AvgIpc) is 2.38. The van der Waals surface area contributed by atoms with E-state index in [1.807, 2.05) is 0 Å². The zero-order chi connectivity index (χ0) is 13.0. The van der Waals surface area contributed by atoms with E-state index in [1.165, 1.54) is 18.2 Å². The van der Waals surface area contributed by atoms with Crippen LogP contribution in [0.2, 0.25) is 5.02 Å². The van der Waals surface area contributed by atoms with Gasteiger partial charge in [0.15, 0.2) is 5.78 Å². The van der Waals surface area contributed by atoms with Gasteiger partial charge in [-0.15, -0.1) is 0 Å². The first kappa shape index (κ1) is 12.5. The van der Waals surface area contributed by atoms with Crippen LogP contribution in [-0.4, -0.2) is 5.78 Å². The molecule has 0 aliphatic rings. The SMILES string of the molecule is O=C(C=Cc1ccc(F)cc1)c1ccc(Cl)cc1. The molecule has 0 heterocycles. The first-order valence-electron chi connectivity index (χ1n) is 5.39. The monoisotopic (exact) mass is 260 g/mol. The zero-order valence-corrected chi connectivity index (χ0v) is 10.2. The normalized spacial score (nSPS) is 10.8. The van der Waals surface area contributed by atoms with E-state index in [-0.39, 0.29) is 11.6 Å². The number of ketones is 1. The average molecular weight is 261 g/mol. The van der Waals surface area contributed by atoms with Gasteiger partial charge < -0.3 is 0 Å². The van der Waals surface area contributed by atoms with Crippen LogP contribution < -0.4 is 0 Å². The Morgan fingerprint density at radius 3 is 2.22 bits per heavy atom. The third-order valence-corrected chi connectivity index (χ3v) is 2.68. The van der Waals surface area contributed by atoms with Gasteiger partial charge in [0.1, 0.15) is 5.82 Å². The molecule has 0 saturated carbocycles. The Kier molecular flexibility index (Phi) is 3.90. The number of hydrogen-bond donors (Lipinski definition) is 0. The lowest BCUT2D eigenvalue weighted by Gasteiger charge is -1.96. The van der Waals surface area contributed by atoms with Gasteiger partial charge in [-0.3, -0.25) is 4.79 Å². The quantitative estimate of drug-likeness (QED) is 0.591. The van der Waals surface area contributed by atoms with E-state index in [9.17, 15) is 9.18 Å². The number of allylic oxidation sites excluding steroid dienone is 1. The summed E-state index contributed by atoms with van der Waals surface area (Å²) in [6, 6.07) is 12.6. The van der Waals surface area contributed by atoms with Crippen molar-refractivity contribution in [1.29, 1.82) is 0 Å². The van der Waals surface area contributed by atoms with Gasteiger partial charge in [-0.1, -0.05) is 29.8 Å². The Morgan fingerprint density at radius 2 is 1.61 bits per heavy atom. The fraction of sp³-hybridized carbons (Fsp3) is 0. The molecule has 0 aromatic heterocycles. The minimum Gasteiger partial charge on any atom is -0.289 e. The summed E-state index contributed by atoms with van der Waals surface area (Å²) in [5.41, 5.74) is 1.34. The van der Waals surface area contributed by atoms with Crippen LogP contribution in [-0.2, 0) is 0 Å². The molecule has 0 amide bonds. The highest BCUT2D eigenvalue weighted by atomic mass is 35.5. The molecule has 2 aromatic rings. The van der Waals surface area contributed by atoms with Crippen molar-refractivity contribution in [3.63, 3.8) is 0 Å². The molecule has 0 aliphatic carbocycles. The minimum atomic E-state index is -0.295. The van der Waals surface area contributed by atoms with E-state index in [4.69, 9.17) is 11.6 Å². The molecule has 1 nitrogen and oxygen atoms in total. The first-order chi connectivity index (χ1) is 8.65. The largest absolute Gasteiger partial charge is 0.289 e. The van der Waals surface area contributed by atoms with Crippen molar-refractivity contribution < 1.29 is 9.18 Å². The van der Waals surface area contributed by atoms with Gasteiger partial charge in [0.05, 0.1) is 0 Å². The van der Waals surface area contributed by atoms with Gasteiger partial charge in [-0.25, -0.2) is 4.39 Å². The van der Waals surface area contributed by atoms with Gasteiger partial charge in [-0.05, 0) is 48.0 Å². The highest BCUT2D eigenvalue weighted by Crippen LogP contribution is 2.11. The Morgan fingerprint density at radius 1 is 1.00 bits per heavy atom. The molecular weight excluding hydrogens is 251 g/mol. The van der Waals surface area contributed by atoms with Crippen molar-refractivity contribution in [2.24, 2.45) is 0 Å². The predicted octanol–water partition coefficient (Wildman–Crippen LogP) is 4.38. The highest BCUT2D eigenvalue weighted by Gasteiger charge is 2.00. The number of rotatable bonds is 3. The summed E-state index contributed by atoms with van der Waals surface area (Å²) in [5.74, 6) is -0.410. The summed E-state index contributed by atoms with van der Waals surface area (Å²) in [6.45, 7) is 0. The van der Waals surface area contributed by atoms with Crippen molar-refractivity contribution in [3.8, 4) is 0 Å². The number of carbonyl (C=O) groups excluding carboxylic acids is 1. The van der Waals surface area contributed by atoms with Crippen molar-refractivity contribution in [3.05, 3.63) is 76.6 Å². The number of hydrogen-bond acceptors (Lipinski definition) is 1. The molecule has 2 rings (SSSR count). The van der Waals surface area contributed by atoms with Gasteiger partial charge in [0.2, 0.25) is 0 Å². The minimum absolute atomic E-state index is 0.115. The molecular formula is C15H10ClFO. The van der Waals surface area contributed by atoms with Crippen LogP contribution in [0.25, 0.3) is 6.08 Å². The third-order valence-electron chi connectivity index (χ3n) is 2.43. The molecule has 90 valence electrons. The predicted molar refractivity (Wildman–Crippen MR) is 71.2 cm³/mol. The molecule has 3 heteroatoms. The van der Waals surface area contributed by atoms with Crippen molar-refractivity contribution in [2.75, 3.05) is 0 Å². The molecule has 0 N–H and O–H groups in total. The maximum absolute atomic E-state index is 12.7. The maximum Gasteiger partial charge on any atom is 0.185 e. The maximum atomic E-state index is 12.7. The summed E-state index contributed by atoms with van der Waals surface area (Å²) in [7, 11) is 0.